The highest BCUT2D eigenvalue weighted by Crippen LogP contribution is 2.09. The standard InChI is InChI=1S/C9H15N3O2S/c1-2-8-12-7(6-15-8)5-11-3-4-14-9(10)13/h6,11H,2-5H2,1H3,(H2,10,13). The van der Waals surface area contributed by atoms with Crippen LogP contribution >= 0.6 is 11.3 Å². The van der Waals surface area contributed by atoms with E-state index < -0.39 is 6.09 Å². The summed E-state index contributed by atoms with van der Waals surface area (Å²) >= 11 is 1.66. The molecule has 1 aromatic rings. The van der Waals surface area contributed by atoms with Gasteiger partial charge < -0.3 is 15.8 Å². The van der Waals surface area contributed by atoms with Crippen molar-refractivity contribution in [2.45, 2.75) is 19.9 Å². The number of hydrogen-bond acceptors (Lipinski definition) is 5. The van der Waals surface area contributed by atoms with E-state index in [1.807, 2.05) is 5.38 Å². The maximum absolute atomic E-state index is 10.2. The molecule has 1 amide bonds. The van der Waals surface area contributed by atoms with E-state index in [2.05, 4.69) is 22.0 Å². The summed E-state index contributed by atoms with van der Waals surface area (Å²) in [5.41, 5.74) is 5.83. The Hall–Kier alpha value is -1.14. The van der Waals surface area contributed by atoms with Crippen molar-refractivity contribution in [3.05, 3.63) is 16.1 Å². The Labute approximate surface area is 92.6 Å². The Balaban J connectivity index is 2.12. The first-order valence-corrected chi connectivity index (χ1v) is 5.66. The van der Waals surface area contributed by atoms with E-state index in [9.17, 15) is 4.79 Å². The number of aromatic nitrogens is 1. The van der Waals surface area contributed by atoms with Crippen LogP contribution in [0.5, 0.6) is 0 Å². The predicted molar refractivity (Wildman–Crippen MR) is 58.7 cm³/mol. The third kappa shape index (κ3) is 4.75. The van der Waals surface area contributed by atoms with E-state index in [4.69, 9.17) is 5.73 Å². The van der Waals surface area contributed by atoms with Gasteiger partial charge in [-0.15, -0.1) is 11.3 Å². The Morgan fingerprint density at radius 3 is 3.13 bits per heavy atom. The lowest BCUT2D eigenvalue weighted by Crippen LogP contribution is -2.23. The molecule has 0 bridgehead atoms. The fraction of sp³-hybridized carbons (Fsp3) is 0.556. The van der Waals surface area contributed by atoms with E-state index in [0.29, 0.717) is 19.7 Å². The number of aryl methyl sites for hydroxylation is 1. The van der Waals surface area contributed by atoms with Gasteiger partial charge in [-0.05, 0) is 6.42 Å². The Morgan fingerprint density at radius 2 is 2.53 bits per heavy atom. The molecule has 6 heteroatoms. The molecule has 0 aliphatic rings. The van der Waals surface area contributed by atoms with Gasteiger partial charge in [0.25, 0.3) is 0 Å². The van der Waals surface area contributed by atoms with E-state index in [-0.39, 0.29) is 0 Å². The van der Waals surface area contributed by atoms with Crippen molar-refractivity contribution in [2.75, 3.05) is 13.2 Å². The number of nitrogens with one attached hydrogen (secondary N) is 1. The largest absolute Gasteiger partial charge is 0.448 e. The maximum Gasteiger partial charge on any atom is 0.404 e. The molecule has 3 N–H and O–H groups in total. The van der Waals surface area contributed by atoms with Crippen LogP contribution < -0.4 is 11.1 Å². The number of nitrogens with zero attached hydrogens (tertiary/aromatic N) is 1. The number of ether oxygens (including phenoxy) is 1. The summed E-state index contributed by atoms with van der Waals surface area (Å²) in [5, 5.41) is 6.27. The van der Waals surface area contributed by atoms with Crippen LogP contribution in [0.4, 0.5) is 4.79 Å². The first kappa shape index (κ1) is 11.9. The van der Waals surface area contributed by atoms with Gasteiger partial charge >= 0.3 is 6.09 Å². The molecule has 0 spiro atoms. The van der Waals surface area contributed by atoms with Crippen molar-refractivity contribution in [2.24, 2.45) is 5.73 Å². The Bertz CT molecular complexity index is 314. The van der Waals surface area contributed by atoms with E-state index in [0.717, 1.165) is 17.1 Å². The van der Waals surface area contributed by atoms with Crippen LogP contribution in [-0.2, 0) is 17.7 Å². The molecule has 0 radical (unpaired) electrons. The fourth-order valence-electron chi connectivity index (χ4n) is 1.03. The fourth-order valence-corrected chi connectivity index (χ4v) is 1.78. The number of rotatable bonds is 6. The first-order chi connectivity index (χ1) is 7.22. The molecule has 84 valence electrons. The zero-order valence-corrected chi connectivity index (χ0v) is 9.47. The minimum Gasteiger partial charge on any atom is -0.448 e. The van der Waals surface area contributed by atoms with Gasteiger partial charge in [0.15, 0.2) is 0 Å². The summed E-state index contributed by atoms with van der Waals surface area (Å²) in [5.74, 6) is 0. The summed E-state index contributed by atoms with van der Waals surface area (Å²) in [7, 11) is 0. The zero-order chi connectivity index (χ0) is 11.1. The van der Waals surface area contributed by atoms with E-state index >= 15 is 0 Å². The molecular weight excluding hydrogens is 214 g/mol. The SMILES string of the molecule is CCc1nc(CNCCOC(N)=O)cs1. The van der Waals surface area contributed by atoms with Crippen LogP contribution in [0.1, 0.15) is 17.6 Å². The van der Waals surface area contributed by atoms with Gasteiger partial charge in [0.05, 0.1) is 10.7 Å². The lowest BCUT2D eigenvalue weighted by molar-refractivity contribution is 0.157. The normalized spacial score (nSPS) is 10.2. The molecule has 0 aliphatic carbocycles. The van der Waals surface area contributed by atoms with Crippen LogP contribution in [0.2, 0.25) is 0 Å². The van der Waals surface area contributed by atoms with Gasteiger partial charge in [0.1, 0.15) is 6.61 Å². The van der Waals surface area contributed by atoms with Crippen molar-refractivity contribution in [3.63, 3.8) is 0 Å². The molecule has 0 atom stereocenters. The smallest absolute Gasteiger partial charge is 0.404 e. The summed E-state index contributed by atoms with van der Waals surface area (Å²) in [6.45, 7) is 3.65. The Kier molecular flexibility index (Phi) is 5.06. The first-order valence-electron chi connectivity index (χ1n) is 4.78. The van der Waals surface area contributed by atoms with Crippen molar-refractivity contribution in [1.29, 1.82) is 0 Å². The van der Waals surface area contributed by atoms with Crippen LogP contribution in [0, 0.1) is 0 Å². The number of amides is 1. The summed E-state index contributed by atoms with van der Waals surface area (Å²) in [4.78, 5) is 14.6. The number of carbonyl (C=O) groups excluding carboxylic acids is 1. The van der Waals surface area contributed by atoms with Crippen LogP contribution in [-0.4, -0.2) is 24.2 Å². The van der Waals surface area contributed by atoms with Crippen LogP contribution in [0.3, 0.4) is 0 Å². The topological polar surface area (TPSA) is 77.2 Å². The quantitative estimate of drug-likeness (QED) is 0.710. The van der Waals surface area contributed by atoms with Crippen molar-refractivity contribution in [1.82, 2.24) is 10.3 Å². The third-order valence-electron chi connectivity index (χ3n) is 1.73. The summed E-state index contributed by atoms with van der Waals surface area (Å²) < 4.78 is 4.56. The van der Waals surface area contributed by atoms with Crippen molar-refractivity contribution in [3.8, 4) is 0 Å². The third-order valence-corrected chi connectivity index (χ3v) is 2.77. The molecule has 0 aliphatic heterocycles. The summed E-state index contributed by atoms with van der Waals surface area (Å²) in [6.07, 6.45) is 0.230. The molecule has 0 saturated heterocycles. The van der Waals surface area contributed by atoms with Crippen molar-refractivity contribution >= 4 is 17.4 Å². The molecule has 5 nitrogen and oxygen atoms in total. The van der Waals surface area contributed by atoms with Gasteiger partial charge in [-0.2, -0.15) is 0 Å². The minimum absolute atomic E-state index is 0.292. The molecule has 0 saturated carbocycles. The molecule has 1 aromatic heterocycles. The average Bonchev–Trinajstić information content (AvgIpc) is 2.65. The zero-order valence-electron chi connectivity index (χ0n) is 8.66. The molecule has 0 fully saturated rings. The van der Waals surface area contributed by atoms with Gasteiger partial charge in [-0.1, -0.05) is 6.92 Å². The lowest BCUT2D eigenvalue weighted by atomic mass is 10.4. The summed E-state index contributed by atoms with van der Waals surface area (Å²) in [6, 6.07) is 0. The minimum atomic E-state index is -0.737. The van der Waals surface area contributed by atoms with Crippen molar-refractivity contribution < 1.29 is 9.53 Å². The molecule has 0 aromatic carbocycles. The maximum atomic E-state index is 10.2. The number of thiazole rings is 1. The lowest BCUT2D eigenvalue weighted by Gasteiger charge is -2.02. The number of primary amides is 1. The molecule has 15 heavy (non-hydrogen) atoms. The highest BCUT2D eigenvalue weighted by atomic mass is 32.1. The predicted octanol–water partition coefficient (Wildman–Crippen LogP) is 0.890. The van der Waals surface area contributed by atoms with Gasteiger partial charge in [0.2, 0.25) is 0 Å². The van der Waals surface area contributed by atoms with Gasteiger partial charge in [0, 0.05) is 18.5 Å². The molecular formula is C9H15N3O2S. The Morgan fingerprint density at radius 1 is 1.73 bits per heavy atom. The second-order valence-electron chi connectivity index (χ2n) is 2.93. The van der Waals surface area contributed by atoms with Gasteiger partial charge in [-0.3, -0.25) is 0 Å². The molecule has 1 heterocycles. The number of hydrogen-bond donors (Lipinski definition) is 2. The highest BCUT2D eigenvalue weighted by Gasteiger charge is 1.99. The number of carbonyl (C=O) groups is 1. The molecule has 0 unspecified atom stereocenters. The highest BCUT2D eigenvalue weighted by molar-refractivity contribution is 7.09. The molecule has 1 rings (SSSR count). The van der Waals surface area contributed by atoms with Crippen LogP contribution in [0.25, 0.3) is 0 Å². The van der Waals surface area contributed by atoms with Crippen LogP contribution in [0.15, 0.2) is 5.38 Å². The number of nitrogens with two attached hydrogens (primary N) is 1. The van der Waals surface area contributed by atoms with E-state index in [1.54, 1.807) is 11.3 Å². The van der Waals surface area contributed by atoms with Gasteiger partial charge in [-0.25, -0.2) is 9.78 Å². The second kappa shape index (κ2) is 6.36. The second-order valence-corrected chi connectivity index (χ2v) is 3.87. The average molecular weight is 229 g/mol. The van der Waals surface area contributed by atoms with E-state index in [1.165, 1.54) is 0 Å². The monoisotopic (exact) mass is 229 g/mol.